The maximum absolute atomic E-state index is 7.88. The second-order valence-corrected chi connectivity index (χ2v) is 0.0680. The van der Waals surface area contributed by atoms with Crippen LogP contribution in [0.3, 0.4) is 0 Å². The second-order valence-electron chi connectivity index (χ2n) is 0.0680. The van der Waals surface area contributed by atoms with Gasteiger partial charge >= 0.3 is 16.5 Å². The molecular formula is NiO3. The molecule has 0 saturated heterocycles. The Morgan fingerprint density at radius 3 is 1.25 bits per heavy atom. The summed E-state index contributed by atoms with van der Waals surface area (Å²) >= 11 is 0. The Balaban J connectivity index is 0. The maximum Gasteiger partial charge on any atom is 2.00 e. The molecular weight excluding hydrogens is 107 g/mol. The maximum atomic E-state index is 7.88. The Hall–Kier alpha value is 0.374. The van der Waals surface area contributed by atoms with Crippen molar-refractivity contribution < 1.29 is 32.0 Å². The second kappa shape index (κ2) is 10.1. The molecule has 0 aliphatic rings. The first-order chi connectivity index (χ1) is 1.41. The van der Waals surface area contributed by atoms with Gasteiger partial charge < -0.3 is 15.6 Å². The van der Waals surface area contributed by atoms with Gasteiger partial charge in [-0.25, -0.2) is 0 Å². The van der Waals surface area contributed by atoms with Gasteiger partial charge in [0.15, 0.2) is 0 Å². The van der Waals surface area contributed by atoms with Crippen molar-refractivity contribution in [3.8, 4) is 0 Å². The molecule has 0 bridgehead atoms. The van der Waals surface area contributed by atoms with E-state index in [1.54, 1.807) is 5.04 Å². The fourth-order valence-electron chi connectivity index (χ4n) is 0. The van der Waals surface area contributed by atoms with E-state index >= 15 is 0 Å². The average molecular weight is 107 g/mol. The minimum atomic E-state index is 0. The summed E-state index contributed by atoms with van der Waals surface area (Å²) in [5, 5.41) is 17.5. The van der Waals surface area contributed by atoms with E-state index < -0.39 is 0 Å². The minimum Gasteiger partial charge on any atom is -0.734 e. The molecule has 4 heavy (non-hydrogen) atoms. The van der Waals surface area contributed by atoms with Crippen LogP contribution in [0, 0.1) is 0 Å². The van der Waals surface area contributed by atoms with E-state index in [1.807, 2.05) is 0 Å². The van der Waals surface area contributed by atoms with Gasteiger partial charge in [-0.05, 0) is 0 Å². The van der Waals surface area contributed by atoms with Gasteiger partial charge in [-0.15, -0.1) is 0 Å². The number of hydrogen-bond acceptors (Lipinski definition) is 3. The summed E-state index contributed by atoms with van der Waals surface area (Å²) in [7, 11) is 0. The van der Waals surface area contributed by atoms with E-state index in [4.69, 9.17) is 10.5 Å². The van der Waals surface area contributed by atoms with E-state index in [-0.39, 0.29) is 16.5 Å². The molecule has 0 heterocycles. The van der Waals surface area contributed by atoms with Crippen LogP contribution in [-0.4, -0.2) is 0 Å². The van der Waals surface area contributed by atoms with Crippen LogP contribution in [0.5, 0.6) is 0 Å². The normalized spacial score (nSPS) is 4.50. The first-order valence-corrected chi connectivity index (χ1v) is 0.333. The van der Waals surface area contributed by atoms with E-state index in [0.29, 0.717) is 0 Å². The molecule has 0 rings (SSSR count). The van der Waals surface area contributed by atoms with Crippen LogP contribution in [-0.2, 0) is 21.5 Å². The topological polar surface area (TPSA) is 55.3 Å². The van der Waals surface area contributed by atoms with Gasteiger partial charge in [0, 0.05) is 0 Å². The fourth-order valence-corrected chi connectivity index (χ4v) is 0. The zero-order valence-electron chi connectivity index (χ0n) is 1.54. The Labute approximate surface area is 33.0 Å². The zero-order valence-corrected chi connectivity index (χ0v) is 2.53. The Kier molecular flexibility index (Phi) is 22.3. The van der Waals surface area contributed by atoms with Crippen molar-refractivity contribution in [1.82, 2.24) is 0 Å². The summed E-state index contributed by atoms with van der Waals surface area (Å²) in [5.74, 6) is 0. The molecule has 0 aromatic heterocycles. The molecule has 0 aliphatic carbocycles. The summed E-state index contributed by atoms with van der Waals surface area (Å²) in [5.41, 5.74) is 0. The smallest absolute Gasteiger partial charge is 0.734 e. The van der Waals surface area contributed by atoms with Crippen LogP contribution in [0.1, 0.15) is 0 Å². The van der Waals surface area contributed by atoms with E-state index in [1.165, 1.54) is 0 Å². The molecule has 0 aliphatic heterocycles. The average Bonchev–Trinajstić information content (AvgIpc) is 0.918. The standard InChI is InChI=1S/Ni.H2O3/c;1-3-2/h;1-2H/q+2;/p-2. The zero-order chi connectivity index (χ0) is 2.71. The quantitative estimate of drug-likeness (QED) is 0.196. The monoisotopic (exact) mass is 106 g/mol. The molecule has 28 valence electrons. The summed E-state index contributed by atoms with van der Waals surface area (Å²) in [6.45, 7) is 0. The predicted octanol–water partition coefficient (Wildman–Crippen LogP) is -2.45. The molecule has 4 heteroatoms. The number of rotatable bonds is 0. The van der Waals surface area contributed by atoms with Gasteiger partial charge in [0.2, 0.25) is 0 Å². The molecule has 0 amide bonds. The summed E-state index contributed by atoms with van der Waals surface area (Å²) < 4.78 is 0. The Morgan fingerprint density at radius 1 is 1.25 bits per heavy atom. The largest absolute Gasteiger partial charge is 2.00 e. The molecule has 0 atom stereocenters. The van der Waals surface area contributed by atoms with Crippen molar-refractivity contribution >= 4 is 0 Å². The van der Waals surface area contributed by atoms with Crippen molar-refractivity contribution in [2.24, 2.45) is 0 Å². The van der Waals surface area contributed by atoms with E-state index in [2.05, 4.69) is 0 Å². The first-order valence-electron chi connectivity index (χ1n) is 0.333. The summed E-state index contributed by atoms with van der Waals surface area (Å²) in [6, 6.07) is 0. The Morgan fingerprint density at radius 2 is 1.25 bits per heavy atom. The summed E-state index contributed by atoms with van der Waals surface area (Å²) in [4.78, 5) is 0. The predicted molar refractivity (Wildman–Crippen MR) is 1.08 cm³/mol. The molecule has 3 nitrogen and oxygen atoms in total. The van der Waals surface area contributed by atoms with Crippen molar-refractivity contribution in [1.29, 1.82) is 0 Å². The van der Waals surface area contributed by atoms with Gasteiger partial charge in [0.25, 0.3) is 0 Å². The van der Waals surface area contributed by atoms with Crippen LogP contribution in [0.15, 0.2) is 0 Å². The summed E-state index contributed by atoms with van der Waals surface area (Å²) in [6.07, 6.45) is 0. The number of hydrogen-bond donors (Lipinski definition) is 0. The van der Waals surface area contributed by atoms with E-state index in [9.17, 15) is 0 Å². The van der Waals surface area contributed by atoms with Gasteiger partial charge in [0.05, 0.1) is 0 Å². The van der Waals surface area contributed by atoms with Crippen molar-refractivity contribution in [2.75, 3.05) is 0 Å². The van der Waals surface area contributed by atoms with Crippen molar-refractivity contribution in [2.45, 2.75) is 0 Å². The van der Waals surface area contributed by atoms with Crippen LogP contribution >= 0.6 is 0 Å². The third-order valence-corrected chi connectivity index (χ3v) is 0. The fraction of sp³-hybridized carbons (Fsp3) is 0. The van der Waals surface area contributed by atoms with Crippen LogP contribution in [0.4, 0.5) is 0 Å². The van der Waals surface area contributed by atoms with Gasteiger partial charge in [-0.3, -0.25) is 0 Å². The van der Waals surface area contributed by atoms with Crippen LogP contribution < -0.4 is 10.5 Å². The molecule has 0 unspecified atom stereocenters. The SMILES string of the molecule is [Ni+2].[O-]O[O-]. The molecule has 0 spiro atoms. The molecule has 0 radical (unpaired) electrons. The first kappa shape index (κ1) is 8.84. The van der Waals surface area contributed by atoms with Crippen molar-refractivity contribution in [3.05, 3.63) is 0 Å². The van der Waals surface area contributed by atoms with Crippen molar-refractivity contribution in [3.63, 3.8) is 0 Å². The minimum absolute atomic E-state index is 0. The molecule has 0 fully saturated rings. The van der Waals surface area contributed by atoms with E-state index in [0.717, 1.165) is 0 Å². The third kappa shape index (κ3) is 32.1. The van der Waals surface area contributed by atoms with Gasteiger partial charge in [0.1, 0.15) is 0 Å². The molecule has 0 saturated carbocycles. The van der Waals surface area contributed by atoms with Crippen LogP contribution in [0.25, 0.3) is 0 Å². The van der Waals surface area contributed by atoms with Crippen LogP contribution in [0.2, 0.25) is 0 Å². The Bertz CT molecular complexity index is 3.25. The molecule has 0 aromatic carbocycles. The van der Waals surface area contributed by atoms with Gasteiger partial charge in [-0.1, -0.05) is 0 Å². The third-order valence-electron chi connectivity index (χ3n) is 0. The van der Waals surface area contributed by atoms with Gasteiger partial charge in [-0.2, -0.15) is 0 Å². The molecule has 0 N–H and O–H groups in total. The molecule has 0 aromatic rings.